The zero-order valence-electron chi connectivity index (χ0n) is 19.8. The number of carbonyl (C=O) groups excluding carboxylic acids is 2. The highest BCUT2D eigenvalue weighted by molar-refractivity contribution is 7.46. The fourth-order valence-corrected chi connectivity index (χ4v) is 3.38. The van der Waals surface area contributed by atoms with Crippen LogP contribution in [0.3, 0.4) is 0 Å². The van der Waals surface area contributed by atoms with Gasteiger partial charge in [-0.25, -0.2) is 4.57 Å². The van der Waals surface area contributed by atoms with E-state index in [0.29, 0.717) is 6.42 Å². The van der Waals surface area contributed by atoms with Gasteiger partial charge >= 0.3 is 19.8 Å². The molecule has 2 N–H and O–H groups in total. The second kappa shape index (κ2) is 20.4. The van der Waals surface area contributed by atoms with Gasteiger partial charge in [-0.3, -0.25) is 14.1 Å². The van der Waals surface area contributed by atoms with Crippen molar-refractivity contribution in [2.24, 2.45) is 0 Å². The quantitative estimate of drug-likeness (QED) is 0.0946. The zero-order valence-corrected chi connectivity index (χ0v) is 20.7. The molecule has 9 heteroatoms. The predicted octanol–water partition coefficient (Wildman–Crippen LogP) is 5.61. The van der Waals surface area contributed by atoms with E-state index in [4.69, 9.17) is 19.3 Å². The molecule has 0 aliphatic heterocycles. The van der Waals surface area contributed by atoms with Crippen LogP contribution in [0, 0.1) is 0 Å². The summed E-state index contributed by atoms with van der Waals surface area (Å²) in [6.45, 7) is 3.40. The maximum absolute atomic E-state index is 12.1. The molecule has 0 saturated heterocycles. The lowest BCUT2D eigenvalue weighted by molar-refractivity contribution is -0.161. The van der Waals surface area contributed by atoms with Gasteiger partial charge in [0.05, 0.1) is 6.61 Å². The monoisotopic (exact) mass is 478 g/mol. The molecular formula is C23H43O8P. The Balaban J connectivity index is 4.18. The van der Waals surface area contributed by atoms with Crippen LogP contribution in [0.5, 0.6) is 0 Å². The maximum Gasteiger partial charge on any atom is 0.469 e. The molecule has 0 amide bonds. The number of carbonyl (C=O) groups is 2. The maximum atomic E-state index is 12.1. The first-order valence-corrected chi connectivity index (χ1v) is 13.5. The van der Waals surface area contributed by atoms with Gasteiger partial charge in [-0.1, -0.05) is 70.9 Å². The van der Waals surface area contributed by atoms with Crippen LogP contribution in [-0.4, -0.2) is 41.0 Å². The number of rotatable bonds is 21. The third-order valence-electron chi connectivity index (χ3n) is 4.80. The molecular weight excluding hydrogens is 435 g/mol. The van der Waals surface area contributed by atoms with Crippen molar-refractivity contribution < 1.29 is 37.9 Å². The molecule has 1 atom stereocenters. The molecule has 0 heterocycles. The van der Waals surface area contributed by atoms with Crippen molar-refractivity contribution in [3.63, 3.8) is 0 Å². The molecule has 0 aromatic rings. The number of hydrogen-bond acceptors (Lipinski definition) is 6. The van der Waals surface area contributed by atoms with Gasteiger partial charge in [0, 0.05) is 12.8 Å². The Kier molecular flexibility index (Phi) is 19.6. The van der Waals surface area contributed by atoms with E-state index in [1.165, 1.54) is 0 Å². The van der Waals surface area contributed by atoms with Crippen molar-refractivity contribution in [2.75, 3.05) is 13.2 Å². The molecule has 0 radical (unpaired) electrons. The SMILES string of the molecule is CC/C=C\CCCCCCCC(=O)O[C@H](COC(=O)CCCCCCC)COP(=O)(O)O. The van der Waals surface area contributed by atoms with Crippen LogP contribution in [0.25, 0.3) is 0 Å². The fourth-order valence-electron chi connectivity index (χ4n) is 3.02. The van der Waals surface area contributed by atoms with Crippen LogP contribution in [0.15, 0.2) is 12.2 Å². The highest BCUT2D eigenvalue weighted by Crippen LogP contribution is 2.35. The van der Waals surface area contributed by atoms with E-state index < -0.39 is 32.5 Å². The molecule has 8 nitrogen and oxygen atoms in total. The number of allylic oxidation sites excluding steroid dienone is 2. The summed E-state index contributed by atoms with van der Waals surface area (Å²) in [6, 6.07) is 0. The summed E-state index contributed by atoms with van der Waals surface area (Å²) in [7, 11) is -4.72. The van der Waals surface area contributed by atoms with Crippen LogP contribution in [-0.2, 0) is 28.2 Å². The van der Waals surface area contributed by atoms with E-state index in [-0.39, 0.29) is 19.4 Å². The Bertz CT molecular complexity index is 558. The normalized spacial score (nSPS) is 12.8. The summed E-state index contributed by atoms with van der Waals surface area (Å²) >= 11 is 0. The minimum Gasteiger partial charge on any atom is -0.462 e. The lowest BCUT2D eigenvalue weighted by Crippen LogP contribution is -2.29. The highest BCUT2D eigenvalue weighted by Gasteiger charge is 2.22. The first-order chi connectivity index (χ1) is 15.3. The molecule has 0 rings (SSSR count). The zero-order chi connectivity index (χ0) is 24.1. The Morgan fingerprint density at radius 1 is 0.812 bits per heavy atom. The van der Waals surface area contributed by atoms with Crippen LogP contribution >= 0.6 is 7.82 Å². The van der Waals surface area contributed by atoms with E-state index in [1.54, 1.807) is 0 Å². The molecule has 0 aliphatic carbocycles. The van der Waals surface area contributed by atoms with E-state index in [0.717, 1.165) is 70.6 Å². The van der Waals surface area contributed by atoms with E-state index in [9.17, 15) is 14.2 Å². The second-order valence-corrected chi connectivity index (χ2v) is 9.17. The molecule has 188 valence electrons. The lowest BCUT2D eigenvalue weighted by Gasteiger charge is -2.18. The third kappa shape index (κ3) is 22.0. The molecule has 0 bridgehead atoms. The largest absolute Gasteiger partial charge is 0.469 e. The van der Waals surface area contributed by atoms with Crippen molar-refractivity contribution in [3.8, 4) is 0 Å². The van der Waals surface area contributed by atoms with Gasteiger partial charge in [-0.15, -0.1) is 0 Å². The van der Waals surface area contributed by atoms with E-state index in [1.807, 2.05) is 0 Å². The Hall–Kier alpha value is -1.21. The summed E-state index contributed by atoms with van der Waals surface area (Å²) in [5.41, 5.74) is 0. The van der Waals surface area contributed by atoms with Gasteiger partial charge in [-0.05, 0) is 32.1 Å². The first-order valence-electron chi connectivity index (χ1n) is 12.0. The molecule has 0 saturated carbocycles. The summed E-state index contributed by atoms with van der Waals surface area (Å²) in [5, 5.41) is 0. The molecule has 0 spiro atoms. The van der Waals surface area contributed by atoms with Crippen LogP contribution in [0.4, 0.5) is 0 Å². The van der Waals surface area contributed by atoms with Gasteiger partial charge in [-0.2, -0.15) is 0 Å². The van der Waals surface area contributed by atoms with Crippen LogP contribution < -0.4 is 0 Å². The molecule has 0 fully saturated rings. The van der Waals surface area contributed by atoms with Gasteiger partial charge in [0.25, 0.3) is 0 Å². The fraction of sp³-hybridized carbons (Fsp3) is 0.826. The molecule has 0 unspecified atom stereocenters. The first kappa shape index (κ1) is 30.8. The van der Waals surface area contributed by atoms with Crippen LogP contribution in [0.1, 0.15) is 104 Å². The average molecular weight is 479 g/mol. The number of esters is 2. The van der Waals surface area contributed by atoms with Gasteiger partial charge in [0.2, 0.25) is 0 Å². The van der Waals surface area contributed by atoms with Crippen molar-refractivity contribution in [2.45, 2.75) is 110 Å². The average Bonchev–Trinajstić information content (AvgIpc) is 2.73. The Morgan fingerprint density at radius 3 is 2.03 bits per heavy atom. The summed E-state index contributed by atoms with van der Waals surface area (Å²) in [5.74, 6) is -0.918. The van der Waals surface area contributed by atoms with Crippen molar-refractivity contribution in [1.29, 1.82) is 0 Å². The molecule has 32 heavy (non-hydrogen) atoms. The number of phosphoric ester groups is 1. The van der Waals surface area contributed by atoms with Crippen LogP contribution in [0.2, 0.25) is 0 Å². The summed E-state index contributed by atoms with van der Waals surface area (Å²) < 4.78 is 25.8. The van der Waals surface area contributed by atoms with Gasteiger partial charge < -0.3 is 19.3 Å². The third-order valence-corrected chi connectivity index (χ3v) is 5.28. The number of phosphoric acid groups is 1. The second-order valence-electron chi connectivity index (χ2n) is 7.93. The Morgan fingerprint density at radius 2 is 1.41 bits per heavy atom. The lowest BCUT2D eigenvalue weighted by atomic mass is 10.1. The molecule has 0 aromatic carbocycles. The van der Waals surface area contributed by atoms with E-state index in [2.05, 4.69) is 30.5 Å². The van der Waals surface area contributed by atoms with E-state index >= 15 is 0 Å². The standard InChI is InChI=1S/C23H43O8P/c1-3-5-7-9-10-11-12-14-16-18-23(25)31-21(20-30-32(26,27)28)19-29-22(24)17-15-13-8-6-4-2/h5,7,21H,3-4,6,8-20H2,1-2H3,(H2,26,27,28)/b7-5-/t21-/m1/s1. The Labute approximate surface area is 193 Å². The minimum absolute atomic E-state index is 0.202. The minimum atomic E-state index is -4.72. The van der Waals surface area contributed by atoms with Crippen molar-refractivity contribution in [1.82, 2.24) is 0 Å². The topological polar surface area (TPSA) is 119 Å². The smallest absolute Gasteiger partial charge is 0.462 e. The summed E-state index contributed by atoms with van der Waals surface area (Å²) in [6.07, 6.45) is 15.7. The summed E-state index contributed by atoms with van der Waals surface area (Å²) in [4.78, 5) is 41.7. The predicted molar refractivity (Wildman–Crippen MR) is 124 cm³/mol. The van der Waals surface area contributed by atoms with Crippen molar-refractivity contribution in [3.05, 3.63) is 12.2 Å². The number of ether oxygens (including phenoxy) is 2. The number of unbranched alkanes of at least 4 members (excludes halogenated alkanes) is 9. The van der Waals surface area contributed by atoms with Gasteiger partial charge in [0.1, 0.15) is 6.61 Å². The molecule has 0 aliphatic rings. The number of hydrogen-bond donors (Lipinski definition) is 2. The van der Waals surface area contributed by atoms with Gasteiger partial charge in [0.15, 0.2) is 6.10 Å². The highest BCUT2D eigenvalue weighted by atomic mass is 31.2. The molecule has 0 aromatic heterocycles. The van der Waals surface area contributed by atoms with Crippen molar-refractivity contribution >= 4 is 19.8 Å².